The van der Waals surface area contributed by atoms with Crippen molar-refractivity contribution < 1.29 is 20.1 Å². The van der Waals surface area contributed by atoms with Crippen LogP contribution in [-0.4, -0.2) is 28.1 Å². The van der Waals surface area contributed by atoms with E-state index in [1.165, 1.54) is 0 Å². The minimum atomic E-state index is -1.83. The molecule has 0 aliphatic carbocycles. The number of aliphatic hydroxyl groups is 1. The maximum absolute atomic E-state index is 8.56. The van der Waals surface area contributed by atoms with Crippen molar-refractivity contribution in [3.05, 3.63) is 0 Å². The molecule has 0 saturated carbocycles. The second-order valence-electron chi connectivity index (χ2n) is 3.00. The zero-order valence-electron chi connectivity index (χ0n) is 6.46. The number of carbonyl (C=O) groups is 1. The van der Waals surface area contributed by atoms with E-state index < -0.39 is 6.16 Å². The molecule has 0 amide bonds. The number of aliphatic hydroxyl groups excluding tert-OH is 1. The molecule has 0 saturated heterocycles. The smallest absolute Gasteiger partial charge is 0.450 e. The lowest BCUT2D eigenvalue weighted by atomic mass is 9.99. The summed E-state index contributed by atoms with van der Waals surface area (Å²) in [5, 5.41) is 22.3. The van der Waals surface area contributed by atoms with Gasteiger partial charge in [0.1, 0.15) is 0 Å². The third kappa shape index (κ3) is 56.4. The Labute approximate surface area is 60.1 Å². The van der Waals surface area contributed by atoms with Gasteiger partial charge in [-0.3, -0.25) is 0 Å². The molecule has 0 bridgehead atoms. The van der Waals surface area contributed by atoms with E-state index in [0.29, 0.717) is 0 Å². The first-order valence-corrected chi connectivity index (χ1v) is 2.82. The molecule has 0 aromatic rings. The van der Waals surface area contributed by atoms with Crippen molar-refractivity contribution >= 4 is 6.16 Å². The molecule has 0 aliphatic heterocycles. The van der Waals surface area contributed by atoms with E-state index in [1.54, 1.807) is 0 Å². The highest BCUT2D eigenvalue weighted by atomic mass is 16.6. The summed E-state index contributed by atoms with van der Waals surface area (Å²) in [5.41, 5.74) is 0.0972. The van der Waals surface area contributed by atoms with E-state index in [2.05, 4.69) is 0 Å². The van der Waals surface area contributed by atoms with Crippen molar-refractivity contribution in [1.82, 2.24) is 0 Å². The highest BCUT2D eigenvalue weighted by molar-refractivity contribution is 5.53. The van der Waals surface area contributed by atoms with E-state index in [-0.39, 0.29) is 12.0 Å². The number of carboxylic acid groups (broad SMARTS) is 2. The minimum Gasteiger partial charge on any atom is -0.450 e. The van der Waals surface area contributed by atoms with E-state index >= 15 is 0 Å². The van der Waals surface area contributed by atoms with Gasteiger partial charge in [0.15, 0.2) is 0 Å². The van der Waals surface area contributed by atoms with Gasteiger partial charge < -0.3 is 15.3 Å². The third-order valence-corrected chi connectivity index (χ3v) is 0.474. The van der Waals surface area contributed by atoms with Crippen molar-refractivity contribution in [2.75, 3.05) is 6.61 Å². The fraction of sp³-hybridized carbons (Fsp3) is 0.833. The summed E-state index contributed by atoms with van der Waals surface area (Å²) in [4.78, 5) is 8.56. The molecular formula is C6H14O4. The van der Waals surface area contributed by atoms with Crippen LogP contribution in [0.3, 0.4) is 0 Å². The second-order valence-corrected chi connectivity index (χ2v) is 3.00. The van der Waals surface area contributed by atoms with Crippen molar-refractivity contribution in [3.63, 3.8) is 0 Å². The van der Waals surface area contributed by atoms with Crippen LogP contribution in [0, 0.1) is 5.41 Å². The molecule has 0 aromatic carbocycles. The van der Waals surface area contributed by atoms with Gasteiger partial charge in [0, 0.05) is 6.61 Å². The van der Waals surface area contributed by atoms with Gasteiger partial charge in [-0.2, -0.15) is 0 Å². The fourth-order valence-electron chi connectivity index (χ4n) is 0. The first-order valence-electron chi connectivity index (χ1n) is 2.82. The van der Waals surface area contributed by atoms with Gasteiger partial charge >= 0.3 is 6.16 Å². The van der Waals surface area contributed by atoms with Crippen LogP contribution in [0.2, 0.25) is 0 Å². The molecule has 10 heavy (non-hydrogen) atoms. The normalized spacial score (nSPS) is 9.60. The van der Waals surface area contributed by atoms with Crippen molar-refractivity contribution in [1.29, 1.82) is 0 Å². The van der Waals surface area contributed by atoms with Crippen LogP contribution in [0.4, 0.5) is 4.79 Å². The summed E-state index contributed by atoms with van der Waals surface area (Å²) < 4.78 is 0. The number of rotatable bonds is 0. The predicted molar refractivity (Wildman–Crippen MR) is 37.2 cm³/mol. The Bertz CT molecular complexity index is 88.4. The molecule has 0 rings (SSSR count). The monoisotopic (exact) mass is 150 g/mol. The Morgan fingerprint density at radius 2 is 1.40 bits per heavy atom. The molecule has 0 unspecified atom stereocenters. The van der Waals surface area contributed by atoms with E-state index in [0.717, 1.165) is 0 Å². The molecule has 0 aliphatic rings. The Morgan fingerprint density at radius 3 is 1.40 bits per heavy atom. The average molecular weight is 150 g/mol. The van der Waals surface area contributed by atoms with Crippen LogP contribution in [-0.2, 0) is 0 Å². The maximum atomic E-state index is 8.56. The van der Waals surface area contributed by atoms with E-state index in [1.807, 2.05) is 20.8 Å². The zero-order valence-corrected chi connectivity index (χ0v) is 6.46. The minimum absolute atomic E-state index is 0.0972. The summed E-state index contributed by atoms with van der Waals surface area (Å²) in [6, 6.07) is 0. The van der Waals surface area contributed by atoms with Crippen LogP contribution in [0.25, 0.3) is 0 Å². The first-order chi connectivity index (χ1) is 4.29. The Hall–Kier alpha value is -0.770. The Morgan fingerprint density at radius 1 is 1.30 bits per heavy atom. The average Bonchev–Trinajstić information content (AvgIpc) is 1.63. The number of hydrogen-bond donors (Lipinski definition) is 3. The summed E-state index contributed by atoms with van der Waals surface area (Å²) >= 11 is 0. The predicted octanol–water partition coefficient (Wildman–Crippen LogP) is 1.25. The van der Waals surface area contributed by atoms with Crippen LogP contribution in [0.5, 0.6) is 0 Å². The van der Waals surface area contributed by atoms with E-state index in [4.69, 9.17) is 20.1 Å². The number of hydrogen-bond acceptors (Lipinski definition) is 2. The SMILES string of the molecule is CC(C)(C)CO.O=C(O)O. The van der Waals surface area contributed by atoms with Gasteiger partial charge in [0.25, 0.3) is 0 Å². The lowest BCUT2D eigenvalue weighted by Gasteiger charge is -2.11. The van der Waals surface area contributed by atoms with Crippen LogP contribution in [0.15, 0.2) is 0 Å². The fourth-order valence-corrected chi connectivity index (χ4v) is 0. The Kier molecular flexibility index (Phi) is 6.04. The van der Waals surface area contributed by atoms with Gasteiger partial charge in [0.05, 0.1) is 0 Å². The molecule has 0 heterocycles. The van der Waals surface area contributed by atoms with Gasteiger partial charge in [-0.25, -0.2) is 4.79 Å². The van der Waals surface area contributed by atoms with Gasteiger partial charge in [-0.1, -0.05) is 20.8 Å². The Balaban J connectivity index is 0. The molecular weight excluding hydrogens is 136 g/mol. The van der Waals surface area contributed by atoms with Crippen LogP contribution >= 0.6 is 0 Å². The topological polar surface area (TPSA) is 77.8 Å². The largest absolute Gasteiger partial charge is 0.503 e. The molecule has 4 nitrogen and oxygen atoms in total. The molecule has 0 aromatic heterocycles. The molecule has 62 valence electrons. The molecule has 0 radical (unpaired) electrons. The van der Waals surface area contributed by atoms with E-state index in [9.17, 15) is 0 Å². The van der Waals surface area contributed by atoms with Crippen LogP contribution < -0.4 is 0 Å². The molecule has 0 spiro atoms. The summed E-state index contributed by atoms with van der Waals surface area (Å²) in [7, 11) is 0. The summed E-state index contributed by atoms with van der Waals surface area (Å²) in [6.45, 7) is 6.25. The lowest BCUT2D eigenvalue weighted by Crippen LogP contribution is -2.09. The van der Waals surface area contributed by atoms with Crippen molar-refractivity contribution in [3.8, 4) is 0 Å². The van der Waals surface area contributed by atoms with Crippen LogP contribution in [0.1, 0.15) is 20.8 Å². The highest BCUT2D eigenvalue weighted by Gasteiger charge is 2.05. The first kappa shape index (κ1) is 12.0. The second kappa shape index (κ2) is 5.05. The quantitative estimate of drug-likeness (QED) is 0.485. The third-order valence-electron chi connectivity index (χ3n) is 0.474. The summed E-state index contributed by atoms with van der Waals surface area (Å²) in [6.07, 6.45) is -1.83. The lowest BCUT2D eigenvalue weighted by molar-refractivity contribution is 0.137. The van der Waals surface area contributed by atoms with Gasteiger partial charge in [0.2, 0.25) is 0 Å². The van der Waals surface area contributed by atoms with Crippen molar-refractivity contribution in [2.24, 2.45) is 5.41 Å². The highest BCUT2D eigenvalue weighted by Crippen LogP contribution is 2.09. The molecule has 0 atom stereocenters. The zero-order chi connectivity index (χ0) is 8.78. The molecule has 4 heteroatoms. The van der Waals surface area contributed by atoms with Gasteiger partial charge in [-0.15, -0.1) is 0 Å². The standard InChI is InChI=1S/C5H12O.CH2O3/c1-5(2,3)4-6;2-1(3)4/h6H,4H2,1-3H3;(H2,2,3,4). The molecule has 3 N–H and O–H groups in total. The maximum Gasteiger partial charge on any atom is 0.503 e. The summed E-state index contributed by atoms with van der Waals surface area (Å²) in [5.74, 6) is 0. The van der Waals surface area contributed by atoms with Crippen molar-refractivity contribution in [2.45, 2.75) is 20.8 Å². The molecule has 0 fully saturated rings. The van der Waals surface area contributed by atoms with Gasteiger partial charge in [-0.05, 0) is 5.41 Å².